The SMILES string of the molecule is Cn1cc(C(Nc2ccc([N+](=O)[O-])c(N)n2)C(=O)O)cn1. The number of hydrogen-bond acceptors (Lipinski definition) is 7. The van der Waals surface area contributed by atoms with E-state index in [1.54, 1.807) is 13.2 Å². The lowest BCUT2D eigenvalue weighted by molar-refractivity contribution is -0.384. The number of nitrogens with two attached hydrogens (primary N) is 1. The number of nitro groups is 1. The maximum absolute atomic E-state index is 11.3. The van der Waals surface area contributed by atoms with Crippen molar-refractivity contribution in [2.75, 3.05) is 11.1 Å². The van der Waals surface area contributed by atoms with Gasteiger partial charge < -0.3 is 16.2 Å². The van der Waals surface area contributed by atoms with E-state index in [0.29, 0.717) is 5.56 Å². The first-order valence-corrected chi connectivity index (χ1v) is 5.77. The number of aryl methyl sites for hydroxylation is 1. The summed E-state index contributed by atoms with van der Waals surface area (Å²) in [7, 11) is 1.66. The third kappa shape index (κ3) is 3.05. The van der Waals surface area contributed by atoms with Gasteiger partial charge in [-0.15, -0.1) is 0 Å². The van der Waals surface area contributed by atoms with Crippen molar-refractivity contribution < 1.29 is 14.8 Å². The van der Waals surface area contributed by atoms with Gasteiger partial charge in [-0.25, -0.2) is 9.78 Å². The van der Waals surface area contributed by atoms with E-state index < -0.39 is 16.9 Å². The van der Waals surface area contributed by atoms with Gasteiger partial charge in [0.25, 0.3) is 0 Å². The van der Waals surface area contributed by atoms with Crippen LogP contribution in [0.5, 0.6) is 0 Å². The zero-order valence-corrected chi connectivity index (χ0v) is 10.9. The summed E-state index contributed by atoms with van der Waals surface area (Å²) in [6.45, 7) is 0. The summed E-state index contributed by atoms with van der Waals surface area (Å²) in [4.78, 5) is 25.1. The molecular weight excluding hydrogens is 280 g/mol. The molecule has 0 radical (unpaired) electrons. The number of rotatable bonds is 5. The van der Waals surface area contributed by atoms with E-state index in [9.17, 15) is 20.0 Å². The lowest BCUT2D eigenvalue weighted by Gasteiger charge is -2.13. The second kappa shape index (κ2) is 5.45. The van der Waals surface area contributed by atoms with Crippen LogP contribution in [0.3, 0.4) is 0 Å². The van der Waals surface area contributed by atoms with E-state index in [1.165, 1.54) is 16.9 Å². The Balaban J connectivity index is 2.28. The number of pyridine rings is 1. The first-order valence-electron chi connectivity index (χ1n) is 5.77. The molecule has 10 nitrogen and oxygen atoms in total. The maximum atomic E-state index is 11.3. The molecule has 10 heteroatoms. The molecule has 0 amide bonds. The molecule has 2 aromatic heterocycles. The zero-order valence-electron chi connectivity index (χ0n) is 10.9. The van der Waals surface area contributed by atoms with Crippen LogP contribution in [0.4, 0.5) is 17.3 Å². The average Bonchev–Trinajstić information content (AvgIpc) is 2.81. The fourth-order valence-electron chi connectivity index (χ4n) is 1.73. The average molecular weight is 292 g/mol. The summed E-state index contributed by atoms with van der Waals surface area (Å²) in [5.41, 5.74) is 5.54. The molecule has 1 unspecified atom stereocenters. The molecule has 0 saturated carbocycles. The number of aliphatic carboxylic acids is 1. The Morgan fingerprint density at radius 3 is 2.76 bits per heavy atom. The van der Waals surface area contributed by atoms with Crippen molar-refractivity contribution in [2.45, 2.75) is 6.04 Å². The number of hydrogen-bond donors (Lipinski definition) is 3. The van der Waals surface area contributed by atoms with E-state index in [1.807, 2.05) is 0 Å². The van der Waals surface area contributed by atoms with Crippen LogP contribution in [0, 0.1) is 10.1 Å². The molecule has 2 aromatic rings. The van der Waals surface area contributed by atoms with Gasteiger partial charge in [-0.05, 0) is 6.07 Å². The minimum Gasteiger partial charge on any atom is -0.479 e. The van der Waals surface area contributed by atoms with Crippen LogP contribution in [0.2, 0.25) is 0 Å². The van der Waals surface area contributed by atoms with E-state index in [4.69, 9.17) is 5.73 Å². The van der Waals surface area contributed by atoms with Gasteiger partial charge in [0.05, 0.1) is 11.1 Å². The van der Waals surface area contributed by atoms with Crippen molar-refractivity contribution in [2.24, 2.45) is 7.05 Å². The fourth-order valence-corrected chi connectivity index (χ4v) is 1.73. The van der Waals surface area contributed by atoms with Gasteiger partial charge in [-0.2, -0.15) is 5.10 Å². The number of aromatic nitrogens is 3. The first kappa shape index (κ1) is 14.2. The highest BCUT2D eigenvalue weighted by Crippen LogP contribution is 2.24. The smallest absolute Gasteiger partial charge is 0.330 e. The molecular formula is C11H12N6O4. The number of carbonyl (C=O) groups is 1. The van der Waals surface area contributed by atoms with E-state index in [0.717, 1.165) is 6.07 Å². The molecule has 0 fully saturated rings. The van der Waals surface area contributed by atoms with Gasteiger partial charge in [-0.3, -0.25) is 14.8 Å². The first-order chi connectivity index (χ1) is 9.88. The second-order valence-electron chi connectivity index (χ2n) is 4.22. The normalized spacial score (nSPS) is 11.9. The lowest BCUT2D eigenvalue weighted by Crippen LogP contribution is -2.21. The van der Waals surface area contributed by atoms with Crippen LogP contribution in [0.1, 0.15) is 11.6 Å². The van der Waals surface area contributed by atoms with E-state index >= 15 is 0 Å². The van der Waals surface area contributed by atoms with E-state index in [-0.39, 0.29) is 17.3 Å². The Morgan fingerprint density at radius 2 is 2.29 bits per heavy atom. The number of nitrogen functional groups attached to an aromatic ring is 1. The summed E-state index contributed by atoms with van der Waals surface area (Å²) in [6.07, 6.45) is 2.95. The highest BCUT2D eigenvalue weighted by Gasteiger charge is 2.22. The van der Waals surface area contributed by atoms with Crippen molar-refractivity contribution in [3.63, 3.8) is 0 Å². The third-order valence-electron chi connectivity index (χ3n) is 2.70. The molecule has 21 heavy (non-hydrogen) atoms. The largest absolute Gasteiger partial charge is 0.479 e. The van der Waals surface area contributed by atoms with Crippen LogP contribution in [-0.4, -0.2) is 30.8 Å². The molecule has 2 heterocycles. The number of carboxylic acids is 1. The Morgan fingerprint density at radius 1 is 1.57 bits per heavy atom. The highest BCUT2D eigenvalue weighted by atomic mass is 16.6. The summed E-state index contributed by atoms with van der Waals surface area (Å²) < 4.78 is 1.46. The molecule has 0 saturated heterocycles. The van der Waals surface area contributed by atoms with Gasteiger partial charge >= 0.3 is 11.7 Å². The third-order valence-corrected chi connectivity index (χ3v) is 2.70. The highest BCUT2D eigenvalue weighted by molar-refractivity contribution is 5.79. The molecule has 0 aliphatic heterocycles. The molecule has 0 bridgehead atoms. The predicted molar refractivity (Wildman–Crippen MR) is 72.5 cm³/mol. The Kier molecular flexibility index (Phi) is 3.69. The summed E-state index contributed by atoms with van der Waals surface area (Å²) in [6, 6.07) is 1.36. The van der Waals surface area contributed by atoms with Crippen LogP contribution in [0.15, 0.2) is 24.5 Å². The zero-order chi connectivity index (χ0) is 15.6. The Labute approximate surface area is 118 Å². The van der Waals surface area contributed by atoms with Crippen molar-refractivity contribution in [3.05, 3.63) is 40.2 Å². The summed E-state index contributed by atoms with van der Waals surface area (Å²) in [5.74, 6) is -1.31. The monoisotopic (exact) mass is 292 g/mol. The quantitative estimate of drug-likeness (QED) is 0.534. The molecule has 1 atom stereocenters. The molecule has 0 aliphatic carbocycles. The van der Waals surface area contributed by atoms with Crippen LogP contribution >= 0.6 is 0 Å². The van der Waals surface area contributed by atoms with Crippen LogP contribution < -0.4 is 11.1 Å². The van der Waals surface area contributed by atoms with Gasteiger partial charge in [0.1, 0.15) is 5.82 Å². The minimum absolute atomic E-state index is 0.120. The van der Waals surface area contributed by atoms with Crippen LogP contribution in [0.25, 0.3) is 0 Å². The second-order valence-corrected chi connectivity index (χ2v) is 4.22. The van der Waals surface area contributed by atoms with Gasteiger partial charge in [0, 0.05) is 24.9 Å². The van der Waals surface area contributed by atoms with Crippen LogP contribution in [-0.2, 0) is 11.8 Å². The molecule has 110 valence electrons. The number of carboxylic acid groups (broad SMARTS) is 1. The van der Waals surface area contributed by atoms with Crippen molar-refractivity contribution in [3.8, 4) is 0 Å². The number of nitrogens with zero attached hydrogens (tertiary/aromatic N) is 4. The minimum atomic E-state index is -1.14. The van der Waals surface area contributed by atoms with Gasteiger partial charge in [0.2, 0.25) is 5.82 Å². The summed E-state index contributed by atoms with van der Waals surface area (Å²) >= 11 is 0. The number of anilines is 2. The molecule has 0 aromatic carbocycles. The molecule has 4 N–H and O–H groups in total. The Hall–Kier alpha value is -3.17. The van der Waals surface area contributed by atoms with Crippen molar-refractivity contribution in [1.82, 2.24) is 14.8 Å². The topological polar surface area (TPSA) is 149 Å². The molecule has 0 aliphatic rings. The van der Waals surface area contributed by atoms with Crippen molar-refractivity contribution >= 4 is 23.3 Å². The predicted octanol–water partition coefficient (Wildman–Crippen LogP) is 0.543. The fraction of sp³-hybridized carbons (Fsp3) is 0.182. The van der Waals surface area contributed by atoms with Gasteiger partial charge in [-0.1, -0.05) is 0 Å². The summed E-state index contributed by atoms with van der Waals surface area (Å²) in [5, 5.41) is 26.4. The maximum Gasteiger partial charge on any atom is 0.330 e. The van der Waals surface area contributed by atoms with Gasteiger partial charge in [0.15, 0.2) is 6.04 Å². The molecule has 0 spiro atoms. The number of nitrogens with one attached hydrogen (secondary N) is 1. The molecule has 2 rings (SSSR count). The van der Waals surface area contributed by atoms with Crippen molar-refractivity contribution in [1.29, 1.82) is 0 Å². The lowest BCUT2D eigenvalue weighted by atomic mass is 10.1. The standard InChI is InChI=1S/C11H12N6O4/c1-16-5-6(4-13-16)9(11(18)19)14-8-3-2-7(17(20)21)10(12)15-8/h2-5,9H,1H3,(H,18,19)(H3,12,14,15). The Bertz CT molecular complexity index is 698. The van der Waals surface area contributed by atoms with E-state index in [2.05, 4.69) is 15.4 Å².